The number of ether oxygens (including phenoxy) is 1. The number of aromatic nitrogens is 2. The molecule has 0 spiro atoms. The summed E-state index contributed by atoms with van der Waals surface area (Å²) in [5.74, 6) is 0.956. The van der Waals surface area contributed by atoms with Crippen molar-refractivity contribution in [3.05, 3.63) is 20.8 Å². The Labute approximate surface area is 125 Å². The lowest BCUT2D eigenvalue weighted by molar-refractivity contribution is -0.0543. The minimum Gasteiger partial charge on any atom is -0.369 e. The van der Waals surface area contributed by atoms with Crippen LogP contribution in [0.4, 0.5) is 0 Å². The lowest BCUT2D eigenvalue weighted by Crippen LogP contribution is -2.34. The Morgan fingerprint density at radius 2 is 2.35 bits per heavy atom. The largest absolute Gasteiger partial charge is 0.369 e. The normalized spacial score (nSPS) is 24.9. The lowest BCUT2D eigenvalue weighted by Gasteiger charge is -2.32. The second kappa shape index (κ2) is 4.32. The molecule has 0 fully saturated rings. The molecule has 106 valence electrons. The van der Waals surface area contributed by atoms with Gasteiger partial charge in [0.15, 0.2) is 5.16 Å². The molecular formula is C14H16N2O2S2. The molecule has 4 rings (SSSR count). The molecule has 0 aliphatic carbocycles. The summed E-state index contributed by atoms with van der Waals surface area (Å²) in [4.78, 5) is 19.5. The first-order chi connectivity index (χ1) is 9.61. The molecule has 0 bridgehead atoms. The van der Waals surface area contributed by atoms with Crippen molar-refractivity contribution in [2.45, 2.75) is 50.6 Å². The molecule has 0 saturated carbocycles. The van der Waals surface area contributed by atoms with E-state index in [1.165, 1.54) is 10.4 Å². The molecular weight excluding hydrogens is 292 g/mol. The van der Waals surface area contributed by atoms with Crippen molar-refractivity contribution in [3.8, 4) is 0 Å². The van der Waals surface area contributed by atoms with Crippen LogP contribution < -0.4 is 5.56 Å². The van der Waals surface area contributed by atoms with Crippen LogP contribution in [-0.2, 0) is 24.3 Å². The Morgan fingerprint density at radius 1 is 1.50 bits per heavy atom. The van der Waals surface area contributed by atoms with Crippen molar-refractivity contribution >= 4 is 33.3 Å². The summed E-state index contributed by atoms with van der Waals surface area (Å²) >= 11 is 3.30. The number of thioether (sulfide) groups is 1. The fourth-order valence-corrected chi connectivity index (χ4v) is 4.99. The van der Waals surface area contributed by atoms with E-state index in [1.54, 1.807) is 23.1 Å². The molecule has 0 radical (unpaired) electrons. The highest BCUT2D eigenvalue weighted by molar-refractivity contribution is 7.99. The van der Waals surface area contributed by atoms with Crippen LogP contribution in [-0.4, -0.2) is 20.9 Å². The van der Waals surface area contributed by atoms with Gasteiger partial charge >= 0.3 is 0 Å². The average Bonchev–Trinajstić information content (AvgIpc) is 3.03. The zero-order chi connectivity index (χ0) is 13.9. The summed E-state index contributed by atoms with van der Waals surface area (Å²) in [6.07, 6.45) is 1.78. The summed E-state index contributed by atoms with van der Waals surface area (Å²) in [6, 6.07) is 0. The van der Waals surface area contributed by atoms with Gasteiger partial charge in [0.2, 0.25) is 0 Å². The van der Waals surface area contributed by atoms with Crippen molar-refractivity contribution in [3.63, 3.8) is 0 Å². The molecule has 20 heavy (non-hydrogen) atoms. The maximum absolute atomic E-state index is 12.7. The van der Waals surface area contributed by atoms with Gasteiger partial charge in [-0.1, -0.05) is 18.7 Å². The van der Waals surface area contributed by atoms with E-state index < -0.39 is 0 Å². The molecule has 0 saturated heterocycles. The number of thiophene rings is 1. The zero-order valence-corrected chi connectivity index (χ0v) is 13.2. The van der Waals surface area contributed by atoms with E-state index in [0.29, 0.717) is 6.61 Å². The molecule has 0 aromatic carbocycles. The molecule has 0 N–H and O–H groups in total. The Balaban J connectivity index is 1.98. The average molecular weight is 308 g/mol. The van der Waals surface area contributed by atoms with Gasteiger partial charge in [-0.3, -0.25) is 9.36 Å². The van der Waals surface area contributed by atoms with Crippen molar-refractivity contribution in [1.29, 1.82) is 0 Å². The first-order valence-electron chi connectivity index (χ1n) is 6.93. The monoisotopic (exact) mass is 308 g/mol. The highest BCUT2D eigenvalue weighted by Crippen LogP contribution is 2.39. The molecule has 2 aliphatic heterocycles. The summed E-state index contributed by atoms with van der Waals surface area (Å²) in [5, 5.41) is 1.72. The Bertz CT molecular complexity index is 765. The van der Waals surface area contributed by atoms with Gasteiger partial charge in [0.25, 0.3) is 5.56 Å². The standard InChI is InChI=1S/C14H16N2O2S2/c1-3-14(2)6-8-9(7-18-14)20-11-10(8)12(17)16-4-5-19-13(16)15-11/h3-7H2,1-2H3/t14-/m0/s1. The number of fused-ring (bicyclic) bond motifs is 4. The van der Waals surface area contributed by atoms with E-state index in [0.717, 1.165) is 40.5 Å². The maximum Gasteiger partial charge on any atom is 0.263 e. The smallest absolute Gasteiger partial charge is 0.263 e. The second-order valence-corrected chi connectivity index (χ2v) is 7.80. The van der Waals surface area contributed by atoms with E-state index in [9.17, 15) is 4.79 Å². The summed E-state index contributed by atoms with van der Waals surface area (Å²) in [7, 11) is 0. The van der Waals surface area contributed by atoms with Gasteiger partial charge in [0.05, 0.1) is 17.6 Å². The van der Waals surface area contributed by atoms with E-state index >= 15 is 0 Å². The first kappa shape index (κ1) is 12.9. The SMILES string of the molecule is CC[C@@]1(C)Cc2c(sc3nc4n(c(=O)c23)CCS4)CO1. The first-order valence-corrected chi connectivity index (χ1v) is 8.73. The van der Waals surface area contributed by atoms with E-state index in [2.05, 4.69) is 18.8 Å². The molecule has 1 atom stereocenters. The van der Waals surface area contributed by atoms with Crippen LogP contribution in [0.2, 0.25) is 0 Å². The van der Waals surface area contributed by atoms with Crippen LogP contribution in [0.5, 0.6) is 0 Å². The Morgan fingerprint density at radius 3 is 3.15 bits per heavy atom. The number of hydrogen-bond acceptors (Lipinski definition) is 5. The van der Waals surface area contributed by atoms with E-state index in [4.69, 9.17) is 4.74 Å². The Hall–Kier alpha value is -0.850. The number of nitrogens with zero attached hydrogens (tertiary/aromatic N) is 2. The molecule has 2 aliphatic rings. The van der Waals surface area contributed by atoms with Crippen molar-refractivity contribution in [2.24, 2.45) is 0 Å². The summed E-state index contributed by atoms with van der Waals surface area (Å²) < 4.78 is 7.81. The van der Waals surface area contributed by atoms with Crippen LogP contribution in [0, 0.1) is 0 Å². The molecule has 2 aromatic heterocycles. The van der Waals surface area contributed by atoms with Crippen LogP contribution in [0.1, 0.15) is 30.7 Å². The second-order valence-electron chi connectivity index (χ2n) is 5.65. The quantitative estimate of drug-likeness (QED) is 0.760. The molecule has 6 heteroatoms. The maximum atomic E-state index is 12.7. The minimum atomic E-state index is -0.147. The van der Waals surface area contributed by atoms with Gasteiger partial charge in [-0.25, -0.2) is 4.98 Å². The molecule has 2 aromatic rings. The van der Waals surface area contributed by atoms with Gasteiger partial charge in [-0.05, 0) is 18.9 Å². The third-order valence-electron chi connectivity index (χ3n) is 4.36. The molecule has 4 nitrogen and oxygen atoms in total. The van der Waals surface area contributed by atoms with Crippen LogP contribution in [0.25, 0.3) is 10.2 Å². The Kier molecular flexibility index (Phi) is 2.78. The lowest BCUT2D eigenvalue weighted by atomic mass is 9.90. The van der Waals surface area contributed by atoms with E-state index in [1.807, 2.05) is 4.57 Å². The molecule has 0 amide bonds. The number of rotatable bonds is 1. The highest BCUT2D eigenvalue weighted by atomic mass is 32.2. The zero-order valence-electron chi connectivity index (χ0n) is 11.6. The van der Waals surface area contributed by atoms with Gasteiger partial charge in [0, 0.05) is 23.6 Å². The minimum absolute atomic E-state index is 0.146. The summed E-state index contributed by atoms with van der Waals surface area (Å²) in [6.45, 7) is 5.67. The van der Waals surface area contributed by atoms with Crippen molar-refractivity contribution < 1.29 is 4.74 Å². The highest BCUT2D eigenvalue weighted by Gasteiger charge is 2.33. The van der Waals surface area contributed by atoms with Gasteiger partial charge in [-0.15, -0.1) is 11.3 Å². The molecule has 4 heterocycles. The fourth-order valence-electron chi connectivity index (χ4n) is 2.90. The fraction of sp³-hybridized carbons (Fsp3) is 0.571. The van der Waals surface area contributed by atoms with Crippen LogP contribution in [0.15, 0.2) is 9.95 Å². The van der Waals surface area contributed by atoms with Crippen molar-refractivity contribution in [2.75, 3.05) is 5.75 Å². The van der Waals surface area contributed by atoms with Gasteiger partial charge in [-0.2, -0.15) is 0 Å². The van der Waals surface area contributed by atoms with Crippen molar-refractivity contribution in [1.82, 2.24) is 9.55 Å². The van der Waals surface area contributed by atoms with Gasteiger partial charge < -0.3 is 4.74 Å². The third-order valence-corrected chi connectivity index (χ3v) is 6.41. The van der Waals surface area contributed by atoms with Gasteiger partial charge in [0.1, 0.15) is 4.83 Å². The predicted octanol–water partition coefficient (Wildman–Crippen LogP) is 2.81. The van der Waals surface area contributed by atoms with Crippen LogP contribution >= 0.6 is 23.1 Å². The van der Waals surface area contributed by atoms with E-state index in [-0.39, 0.29) is 11.2 Å². The molecule has 0 unspecified atom stereocenters. The van der Waals surface area contributed by atoms with Crippen LogP contribution in [0.3, 0.4) is 0 Å². The predicted molar refractivity (Wildman–Crippen MR) is 81.8 cm³/mol. The topological polar surface area (TPSA) is 44.1 Å². The number of hydrogen-bond donors (Lipinski definition) is 0. The summed E-state index contributed by atoms with van der Waals surface area (Å²) in [5.41, 5.74) is 1.18. The third kappa shape index (κ3) is 1.71.